The molecule has 29 heavy (non-hydrogen) atoms. The normalized spacial score (nSPS) is 17.0. The number of ether oxygens (including phenoxy) is 1. The van der Waals surface area contributed by atoms with E-state index in [0.717, 1.165) is 12.1 Å². The highest BCUT2D eigenvalue weighted by molar-refractivity contribution is 7.89. The predicted octanol–water partition coefficient (Wildman–Crippen LogP) is 1.29. The first-order valence-electron chi connectivity index (χ1n) is 9.35. The molecule has 8 nitrogen and oxygen atoms in total. The second-order valence-electron chi connectivity index (χ2n) is 7.21. The van der Waals surface area contributed by atoms with Crippen LogP contribution in [0.3, 0.4) is 0 Å². The number of carbonyl (C=O) groups is 1. The molecule has 1 saturated heterocycles. The van der Waals surface area contributed by atoms with Crippen molar-refractivity contribution in [3.63, 3.8) is 0 Å². The molecule has 1 aromatic heterocycles. The minimum Gasteiger partial charge on any atom is -0.379 e. The van der Waals surface area contributed by atoms with Crippen molar-refractivity contribution in [2.75, 3.05) is 38.6 Å². The molecule has 0 aliphatic carbocycles. The van der Waals surface area contributed by atoms with Gasteiger partial charge in [-0.3, -0.25) is 4.79 Å². The van der Waals surface area contributed by atoms with Gasteiger partial charge in [-0.25, -0.2) is 22.2 Å². The Morgan fingerprint density at radius 1 is 1.24 bits per heavy atom. The van der Waals surface area contributed by atoms with Crippen LogP contribution in [0.4, 0.5) is 8.78 Å². The number of sulfonamides is 1. The summed E-state index contributed by atoms with van der Waals surface area (Å²) in [5, 5.41) is 2.65. The standard InChI is InChI=1S/C18H24F2N4O4S/c1-12(2)17(24-11-22-15-9-13(19)14(20)10-16(15)24)18(25)21-3-8-29(26,27)23-4-6-28-7-5-23/h9-12,17H,3-8H2,1-2H3,(H,21,25). The van der Waals surface area contributed by atoms with Gasteiger partial charge in [-0.05, 0) is 5.92 Å². The topological polar surface area (TPSA) is 93.5 Å². The Labute approximate surface area is 167 Å². The van der Waals surface area contributed by atoms with Crippen LogP contribution in [0.1, 0.15) is 19.9 Å². The van der Waals surface area contributed by atoms with Gasteiger partial charge in [0.2, 0.25) is 15.9 Å². The molecule has 1 N–H and O–H groups in total. The Morgan fingerprint density at radius 2 is 1.90 bits per heavy atom. The summed E-state index contributed by atoms with van der Waals surface area (Å²) in [6, 6.07) is 1.23. The van der Waals surface area contributed by atoms with E-state index in [2.05, 4.69) is 10.3 Å². The summed E-state index contributed by atoms with van der Waals surface area (Å²) in [6.45, 7) is 4.86. The van der Waals surface area contributed by atoms with Crippen LogP contribution in [0, 0.1) is 17.6 Å². The summed E-state index contributed by atoms with van der Waals surface area (Å²) in [7, 11) is -3.50. The molecule has 0 spiro atoms. The number of imidazole rings is 1. The van der Waals surface area contributed by atoms with E-state index >= 15 is 0 Å². The van der Waals surface area contributed by atoms with Gasteiger partial charge in [-0.2, -0.15) is 4.31 Å². The number of amides is 1. The minimum absolute atomic E-state index is 0.0582. The molecule has 0 saturated carbocycles. The minimum atomic E-state index is -3.50. The van der Waals surface area contributed by atoms with Crippen LogP contribution in [-0.4, -0.2) is 66.8 Å². The largest absolute Gasteiger partial charge is 0.379 e. The molecule has 0 radical (unpaired) electrons. The van der Waals surface area contributed by atoms with Gasteiger partial charge in [-0.1, -0.05) is 13.8 Å². The molecule has 2 aromatic rings. The van der Waals surface area contributed by atoms with E-state index in [-0.39, 0.29) is 23.7 Å². The van der Waals surface area contributed by atoms with Gasteiger partial charge < -0.3 is 14.6 Å². The smallest absolute Gasteiger partial charge is 0.243 e. The monoisotopic (exact) mass is 430 g/mol. The molecule has 0 bridgehead atoms. The third-order valence-electron chi connectivity index (χ3n) is 4.84. The van der Waals surface area contributed by atoms with Crippen LogP contribution in [0.15, 0.2) is 18.5 Å². The van der Waals surface area contributed by atoms with E-state index < -0.39 is 33.6 Å². The van der Waals surface area contributed by atoms with Crippen LogP contribution in [0.25, 0.3) is 11.0 Å². The van der Waals surface area contributed by atoms with Gasteiger partial charge in [0.05, 0.1) is 36.3 Å². The summed E-state index contributed by atoms with van der Waals surface area (Å²) >= 11 is 0. The van der Waals surface area contributed by atoms with Gasteiger partial charge >= 0.3 is 0 Å². The maximum atomic E-state index is 13.7. The molecule has 1 unspecified atom stereocenters. The summed E-state index contributed by atoms with van der Waals surface area (Å²) in [4.78, 5) is 16.8. The van der Waals surface area contributed by atoms with E-state index in [0.29, 0.717) is 31.8 Å². The molecule has 11 heteroatoms. The maximum absolute atomic E-state index is 13.7. The van der Waals surface area contributed by atoms with Gasteiger partial charge in [-0.15, -0.1) is 0 Å². The summed E-state index contributed by atoms with van der Waals surface area (Å²) in [5.74, 6) is -2.88. The number of fused-ring (bicyclic) bond motifs is 1. The lowest BCUT2D eigenvalue weighted by atomic mass is 10.0. The highest BCUT2D eigenvalue weighted by Gasteiger charge is 2.28. The lowest BCUT2D eigenvalue weighted by Gasteiger charge is -2.26. The van der Waals surface area contributed by atoms with Crippen LogP contribution >= 0.6 is 0 Å². The first-order valence-corrected chi connectivity index (χ1v) is 11.0. The molecule has 160 valence electrons. The average molecular weight is 430 g/mol. The zero-order valence-corrected chi connectivity index (χ0v) is 17.1. The zero-order valence-electron chi connectivity index (χ0n) is 16.3. The number of nitrogens with zero attached hydrogens (tertiary/aromatic N) is 3. The third kappa shape index (κ3) is 4.73. The van der Waals surface area contributed by atoms with Crippen molar-refractivity contribution in [3.8, 4) is 0 Å². The summed E-state index contributed by atoms with van der Waals surface area (Å²) in [5.41, 5.74) is 0.524. The molecule has 1 aromatic carbocycles. The highest BCUT2D eigenvalue weighted by Crippen LogP contribution is 2.25. The van der Waals surface area contributed by atoms with E-state index in [4.69, 9.17) is 4.74 Å². The Balaban J connectivity index is 1.71. The highest BCUT2D eigenvalue weighted by atomic mass is 32.2. The lowest BCUT2D eigenvalue weighted by Crippen LogP contribution is -2.44. The van der Waals surface area contributed by atoms with Gasteiger partial charge in [0.25, 0.3) is 0 Å². The second-order valence-corrected chi connectivity index (χ2v) is 9.30. The summed E-state index contributed by atoms with van der Waals surface area (Å²) in [6.07, 6.45) is 1.36. The average Bonchev–Trinajstić information content (AvgIpc) is 3.05. The molecule has 1 amide bonds. The third-order valence-corrected chi connectivity index (χ3v) is 6.71. The Bertz CT molecular complexity index is 987. The van der Waals surface area contributed by atoms with Crippen molar-refractivity contribution < 1.29 is 26.7 Å². The van der Waals surface area contributed by atoms with Crippen molar-refractivity contribution in [1.82, 2.24) is 19.2 Å². The molecule has 1 fully saturated rings. The molecule has 1 atom stereocenters. The Hall–Kier alpha value is -2.11. The number of rotatable bonds is 7. The van der Waals surface area contributed by atoms with Crippen LogP contribution < -0.4 is 5.32 Å². The first kappa shape index (κ1) is 21.6. The van der Waals surface area contributed by atoms with E-state index in [1.165, 1.54) is 15.2 Å². The quantitative estimate of drug-likeness (QED) is 0.715. The molecule has 1 aliphatic rings. The number of morpholine rings is 1. The zero-order chi connectivity index (χ0) is 21.2. The molecular formula is C18H24F2N4O4S. The van der Waals surface area contributed by atoms with E-state index in [9.17, 15) is 22.0 Å². The predicted molar refractivity (Wildman–Crippen MR) is 103 cm³/mol. The van der Waals surface area contributed by atoms with Crippen molar-refractivity contribution in [2.24, 2.45) is 5.92 Å². The molecule has 2 heterocycles. The maximum Gasteiger partial charge on any atom is 0.243 e. The van der Waals surface area contributed by atoms with Crippen molar-refractivity contribution in [3.05, 3.63) is 30.1 Å². The van der Waals surface area contributed by atoms with Crippen molar-refractivity contribution in [1.29, 1.82) is 0 Å². The fourth-order valence-electron chi connectivity index (χ4n) is 3.36. The van der Waals surface area contributed by atoms with E-state index in [1.807, 2.05) is 0 Å². The fourth-order valence-corrected chi connectivity index (χ4v) is 4.68. The number of hydrogen-bond donors (Lipinski definition) is 1. The number of halogens is 2. The van der Waals surface area contributed by atoms with Crippen molar-refractivity contribution in [2.45, 2.75) is 19.9 Å². The van der Waals surface area contributed by atoms with Gasteiger partial charge in [0, 0.05) is 31.8 Å². The number of carbonyl (C=O) groups excluding carboxylic acids is 1. The first-order chi connectivity index (χ1) is 13.7. The summed E-state index contributed by atoms with van der Waals surface area (Å²) < 4.78 is 59.8. The number of hydrogen-bond acceptors (Lipinski definition) is 5. The van der Waals surface area contributed by atoms with Gasteiger partial charge in [0.1, 0.15) is 6.04 Å². The lowest BCUT2D eigenvalue weighted by molar-refractivity contribution is -0.125. The number of aromatic nitrogens is 2. The molecule has 3 rings (SSSR count). The van der Waals surface area contributed by atoms with Crippen LogP contribution in [0.2, 0.25) is 0 Å². The number of nitrogens with one attached hydrogen (secondary N) is 1. The van der Waals surface area contributed by atoms with Crippen LogP contribution in [-0.2, 0) is 19.6 Å². The SMILES string of the molecule is CC(C)C(C(=O)NCCS(=O)(=O)N1CCOCC1)n1cnc2cc(F)c(F)cc21. The molecule has 1 aliphatic heterocycles. The number of benzene rings is 1. The fraction of sp³-hybridized carbons (Fsp3) is 0.556. The molecular weight excluding hydrogens is 406 g/mol. The van der Waals surface area contributed by atoms with E-state index in [1.54, 1.807) is 13.8 Å². The van der Waals surface area contributed by atoms with Gasteiger partial charge in [0.15, 0.2) is 11.6 Å². The second kappa shape index (κ2) is 8.72. The Kier molecular flexibility index (Phi) is 6.49. The Morgan fingerprint density at radius 3 is 2.55 bits per heavy atom. The van der Waals surface area contributed by atoms with Crippen molar-refractivity contribution >= 4 is 27.0 Å². The van der Waals surface area contributed by atoms with Crippen LogP contribution in [0.5, 0.6) is 0 Å².